The van der Waals surface area contributed by atoms with Crippen LogP contribution in [0.2, 0.25) is 0 Å². The van der Waals surface area contributed by atoms with Gasteiger partial charge in [0.05, 0.1) is 43.2 Å². The molecule has 10 nitrogen and oxygen atoms in total. The molecule has 2 aliphatic rings. The predicted molar refractivity (Wildman–Crippen MR) is 153 cm³/mol. The van der Waals surface area contributed by atoms with Crippen LogP contribution in [0.1, 0.15) is 39.2 Å². The summed E-state index contributed by atoms with van der Waals surface area (Å²) in [6, 6.07) is 8.65. The van der Waals surface area contributed by atoms with Gasteiger partial charge in [-0.15, -0.1) is 0 Å². The number of nitrogens with zero attached hydrogens (tertiary/aromatic N) is 8. The van der Waals surface area contributed by atoms with Crippen molar-refractivity contribution in [2.45, 2.75) is 52.2 Å². The molecule has 1 aromatic carbocycles. The molecular weight excluding hydrogens is 490 g/mol. The zero-order chi connectivity index (χ0) is 26.8. The second-order valence-electron chi connectivity index (χ2n) is 11.7. The number of rotatable bonds is 7. The first-order valence-electron chi connectivity index (χ1n) is 14.1. The van der Waals surface area contributed by atoms with Gasteiger partial charge in [-0.2, -0.15) is 15.2 Å². The van der Waals surface area contributed by atoms with Crippen molar-refractivity contribution < 1.29 is 4.74 Å². The van der Waals surface area contributed by atoms with Crippen LogP contribution in [-0.4, -0.2) is 79.4 Å². The van der Waals surface area contributed by atoms with Crippen molar-refractivity contribution in [3.63, 3.8) is 0 Å². The number of piperidine rings is 1. The summed E-state index contributed by atoms with van der Waals surface area (Å²) in [5.74, 6) is 1.15. The summed E-state index contributed by atoms with van der Waals surface area (Å²) in [6.45, 7) is 14.2. The van der Waals surface area contributed by atoms with Gasteiger partial charge in [-0.3, -0.25) is 9.58 Å². The van der Waals surface area contributed by atoms with Gasteiger partial charge in [-0.05, 0) is 63.8 Å². The molecule has 2 saturated heterocycles. The first kappa shape index (κ1) is 25.8. The molecule has 39 heavy (non-hydrogen) atoms. The molecule has 5 heterocycles. The second-order valence-corrected chi connectivity index (χ2v) is 11.7. The van der Waals surface area contributed by atoms with E-state index in [0.717, 1.165) is 56.1 Å². The first-order valence-corrected chi connectivity index (χ1v) is 14.1. The lowest BCUT2D eigenvalue weighted by atomic mass is 9.93. The van der Waals surface area contributed by atoms with Crippen LogP contribution in [0.4, 0.5) is 17.3 Å². The third kappa shape index (κ3) is 6.07. The van der Waals surface area contributed by atoms with Gasteiger partial charge in [0.25, 0.3) is 0 Å². The Bertz CT molecular complexity index is 1400. The summed E-state index contributed by atoms with van der Waals surface area (Å²) >= 11 is 0. The fourth-order valence-electron chi connectivity index (χ4n) is 5.63. The van der Waals surface area contributed by atoms with Crippen LogP contribution in [0.15, 0.2) is 49.1 Å². The fraction of sp³-hybridized carbons (Fsp3) is 0.517. The lowest BCUT2D eigenvalue weighted by molar-refractivity contribution is 0.0722. The van der Waals surface area contributed by atoms with Gasteiger partial charge in [-0.25, -0.2) is 9.67 Å². The number of nitrogens with one attached hydrogen (secondary N) is 1. The first-order chi connectivity index (χ1) is 18.9. The summed E-state index contributed by atoms with van der Waals surface area (Å²) in [7, 11) is 0. The van der Waals surface area contributed by atoms with E-state index in [-0.39, 0.29) is 5.54 Å². The Labute approximate surface area is 230 Å². The molecule has 3 aromatic heterocycles. The van der Waals surface area contributed by atoms with E-state index >= 15 is 0 Å². The zero-order valence-electron chi connectivity index (χ0n) is 23.3. The lowest BCUT2D eigenvalue weighted by Gasteiger charge is -2.41. The summed E-state index contributed by atoms with van der Waals surface area (Å²) in [6.07, 6.45) is 10.0. The number of likely N-dealkylation sites (tertiary alicyclic amines) is 1. The largest absolute Gasteiger partial charge is 0.378 e. The minimum atomic E-state index is 0.212. The standard InChI is InChI=1S/C29H39N9O/c1-29(2,3)36-9-5-7-23(18-36)19-37-21-25(17-31-37)33-28-30-15-24-16-32-38(27(24)34-28)20-22-6-4-8-26(14-22)35-10-12-39-13-11-35/h4,6,8,14-17,21,23H,5,7,9-13,18-20H2,1-3H3,(H,30,33,34). The predicted octanol–water partition coefficient (Wildman–Crippen LogP) is 4.16. The average molecular weight is 530 g/mol. The highest BCUT2D eigenvalue weighted by atomic mass is 16.5. The van der Waals surface area contributed by atoms with Crippen molar-refractivity contribution in [1.29, 1.82) is 0 Å². The van der Waals surface area contributed by atoms with Crippen molar-refractivity contribution in [2.24, 2.45) is 5.92 Å². The fourth-order valence-corrected chi connectivity index (χ4v) is 5.63. The van der Waals surface area contributed by atoms with Gasteiger partial charge in [0, 0.05) is 49.8 Å². The number of morpholine rings is 1. The zero-order valence-corrected chi connectivity index (χ0v) is 23.3. The van der Waals surface area contributed by atoms with Gasteiger partial charge in [0.2, 0.25) is 5.95 Å². The van der Waals surface area contributed by atoms with Crippen LogP contribution in [0, 0.1) is 5.92 Å². The summed E-state index contributed by atoms with van der Waals surface area (Å²) in [5.41, 5.74) is 4.32. The molecule has 2 fully saturated rings. The van der Waals surface area contributed by atoms with Crippen LogP contribution >= 0.6 is 0 Å². The number of hydrogen-bond donors (Lipinski definition) is 1. The van der Waals surface area contributed by atoms with Crippen molar-refractivity contribution in [1.82, 2.24) is 34.4 Å². The van der Waals surface area contributed by atoms with Crippen LogP contribution < -0.4 is 10.2 Å². The molecule has 1 N–H and O–H groups in total. The third-order valence-corrected chi connectivity index (χ3v) is 7.80. The highest BCUT2D eigenvalue weighted by Gasteiger charge is 2.28. The van der Waals surface area contributed by atoms with E-state index in [2.05, 4.69) is 81.5 Å². The maximum atomic E-state index is 5.51. The Morgan fingerprint density at radius 2 is 1.92 bits per heavy atom. The molecule has 10 heteroatoms. The van der Waals surface area contributed by atoms with Crippen molar-refractivity contribution in [3.05, 3.63) is 54.6 Å². The molecule has 1 atom stereocenters. The number of aromatic nitrogens is 6. The Hall–Kier alpha value is -3.50. The van der Waals surface area contributed by atoms with Gasteiger partial charge < -0.3 is 15.0 Å². The van der Waals surface area contributed by atoms with Crippen LogP contribution in [-0.2, 0) is 17.8 Å². The Balaban J connectivity index is 1.13. The molecule has 0 bridgehead atoms. The second kappa shape index (κ2) is 10.9. The molecule has 0 amide bonds. The summed E-state index contributed by atoms with van der Waals surface area (Å²) in [4.78, 5) is 14.3. The van der Waals surface area contributed by atoms with Crippen molar-refractivity contribution in [3.8, 4) is 0 Å². The number of ether oxygens (including phenoxy) is 1. The van der Waals surface area contributed by atoms with Crippen LogP contribution in [0.25, 0.3) is 11.0 Å². The molecule has 206 valence electrons. The smallest absolute Gasteiger partial charge is 0.229 e. The monoisotopic (exact) mass is 529 g/mol. The van der Waals surface area contributed by atoms with Crippen LogP contribution in [0.5, 0.6) is 0 Å². The van der Waals surface area contributed by atoms with E-state index < -0.39 is 0 Å². The number of anilines is 3. The summed E-state index contributed by atoms with van der Waals surface area (Å²) < 4.78 is 9.49. The SMILES string of the molecule is CC(C)(C)N1CCCC(Cn2cc(Nc3ncc4cnn(Cc5cccc(N6CCOCC6)c5)c4n3)cn2)C1. The molecule has 0 aliphatic carbocycles. The minimum Gasteiger partial charge on any atom is -0.378 e. The molecule has 0 radical (unpaired) electrons. The highest BCUT2D eigenvalue weighted by molar-refractivity contribution is 5.75. The topological polar surface area (TPSA) is 89.2 Å². The highest BCUT2D eigenvalue weighted by Crippen LogP contribution is 2.25. The Morgan fingerprint density at radius 3 is 2.77 bits per heavy atom. The van der Waals surface area contributed by atoms with Gasteiger partial charge >= 0.3 is 0 Å². The van der Waals surface area contributed by atoms with Crippen molar-refractivity contribution >= 4 is 28.4 Å². The lowest BCUT2D eigenvalue weighted by Crippen LogP contribution is -2.47. The molecule has 4 aromatic rings. The van der Waals surface area contributed by atoms with Crippen molar-refractivity contribution in [2.75, 3.05) is 49.6 Å². The van der Waals surface area contributed by atoms with E-state index in [9.17, 15) is 0 Å². The Kier molecular flexibility index (Phi) is 7.22. The molecule has 0 saturated carbocycles. The maximum absolute atomic E-state index is 5.51. The van der Waals surface area contributed by atoms with Gasteiger partial charge in [-0.1, -0.05) is 12.1 Å². The summed E-state index contributed by atoms with van der Waals surface area (Å²) in [5, 5.41) is 13.5. The molecule has 0 spiro atoms. The van der Waals surface area contributed by atoms with E-state index in [1.54, 1.807) is 0 Å². The van der Waals surface area contributed by atoms with Gasteiger partial charge in [0.15, 0.2) is 5.65 Å². The number of fused-ring (bicyclic) bond motifs is 1. The van der Waals surface area contributed by atoms with Gasteiger partial charge in [0.1, 0.15) is 0 Å². The van der Waals surface area contributed by atoms with Crippen LogP contribution in [0.3, 0.4) is 0 Å². The minimum absolute atomic E-state index is 0.212. The maximum Gasteiger partial charge on any atom is 0.229 e. The third-order valence-electron chi connectivity index (χ3n) is 7.80. The number of benzene rings is 1. The molecule has 2 aliphatic heterocycles. The van der Waals surface area contributed by atoms with E-state index in [1.165, 1.54) is 30.6 Å². The normalized spacial score (nSPS) is 19.1. The molecule has 6 rings (SSSR count). The van der Waals surface area contributed by atoms with E-state index in [0.29, 0.717) is 18.4 Å². The Morgan fingerprint density at radius 1 is 1.05 bits per heavy atom. The van der Waals surface area contributed by atoms with E-state index in [4.69, 9.17) is 9.72 Å². The average Bonchev–Trinajstić information content (AvgIpc) is 3.55. The van der Waals surface area contributed by atoms with E-state index in [1.807, 2.05) is 28.0 Å². The molecule has 1 unspecified atom stereocenters. The number of hydrogen-bond acceptors (Lipinski definition) is 8. The molecular formula is C29H39N9O. The quantitative estimate of drug-likeness (QED) is 0.382.